The largest absolute Gasteiger partial charge is 0.461 e. The molecule has 8 nitrogen and oxygen atoms in total. The average Bonchev–Trinajstić information content (AvgIpc) is 3.29. The Balaban J connectivity index is 1.71. The van der Waals surface area contributed by atoms with Crippen molar-refractivity contribution in [3.63, 3.8) is 0 Å². The van der Waals surface area contributed by atoms with Gasteiger partial charge in [-0.3, -0.25) is 14.2 Å². The highest BCUT2D eigenvalue weighted by Gasteiger charge is 2.18. The molecule has 0 saturated carbocycles. The van der Waals surface area contributed by atoms with E-state index < -0.39 is 5.91 Å². The molecule has 2 heterocycles. The number of rotatable bonds is 8. The molecule has 3 N–H and O–H groups in total. The lowest BCUT2D eigenvalue weighted by atomic mass is 10.3. The molecule has 3 aromatic rings. The van der Waals surface area contributed by atoms with Crippen LogP contribution in [0.3, 0.4) is 0 Å². The lowest BCUT2D eigenvalue weighted by molar-refractivity contribution is -0.118. The second kappa shape index (κ2) is 9.04. The van der Waals surface area contributed by atoms with Crippen molar-refractivity contribution in [1.29, 1.82) is 0 Å². The average molecular weight is 497 g/mol. The number of hydrogen-bond acceptors (Lipinski definition) is 6. The van der Waals surface area contributed by atoms with Crippen molar-refractivity contribution < 1.29 is 14.0 Å². The number of benzene rings is 1. The fourth-order valence-corrected chi connectivity index (χ4v) is 3.57. The van der Waals surface area contributed by atoms with Gasteiger partial charge in [0.25, 0.3) is 0 Å². The van der Waals surface area contributed by atoms with E-state index in [0.29, 0.717) is 23.3 Å². The Morgan fingerprint density at radius 3 is 2.74 bits per heavy atom. The summed E-state index contributed by atoms with van der Waals surface area (Å²) in [5, 5.41) is 11.6. The number of primary amides is 1. The third kappa shape index (κ3) is 5.10. The van der Waals surface area contributed by atoms with E-state index >= 15 is 0 Å². The molecule has 0 radical (unpaired) electrons. The van der Waals surface area contributed by atoms with E-state index in [1.807, 2.05) is 24.3 Å². The smallest absolute Gasteiger partial charge is 0.234 e. The molecule has 2 amide bonds. The van der Waals surface area contributed by atoms with Gasteiger partial charge in [0, 0.05) is 16.5 Å². The first-order chi connectivity index (χ1) is 13.0. The quantitative estimate of drug-likeness (QED) is 0.365. The van der Waals surface area contributed by atoms with Crippen LogP contribution in [0.2, 0.25) is 0 Å². The summed E-state index contributed by atoms with van der Waals surface area (Å²) >= 11 is 3.39. The molecule has 0 aliphatic rings. The van der Waals surface area contributed by atoms with E-state index in [4.69, 9.17) is 10.2 Å². The first-order valence-electron chi connectivity index (χ1n) is 7.97. The van der Waals surface area contributed by atoms with Crippen molar-refractivity contribution >= 4 is 51.9 Å². The third-order valence-corrected chi connectivity index (χ3v) is 5.43. The van der Waals surface area contributed by atoms with E-state index in [1.54, 1.807) is 16.7 Å². The van der Waals surface area contributed by atoms with Crippen LogP contribution in [0.5, 0.6) is 0 Å². The molecule has 0 saturated heterocycles. The van der Waals surface area contributed by atoms with Gasteiger partial charge >= 0.3 is 0 Å². The van der Waals surface area contributed by atoms with Crippen LogP contribution in [0.15, 0.2) is 52.2 Å². The van der Waals surface area contributed by atoms with Gasteiger partial charge in [-0.05, 0) is 46.9 Å². The van der Waals surface area contributed by atoms with Gasteiger partial charge in [0.2, 0.25) is 11.8 Å². The van der Waals surface area contributed by atoms with Gasteiger partial charge < -0.3 is 15.5 Å². The predicted octanol–water partition coefficient (Wildman–Crippen LogP) is 2.75. The minimum Gasteiger partial charge on any atom is -0.461 e. The molecule has 1 aromatic carbocycles. The number of nitrogens with zero attached hydrogens (tertiary/aromatic N) is 3. The number of para-hydroxylation sites is 1. The minimum atomic E-state index is -0.429. The summed E-state index contributed by atoms with van der Waals surface area (Å²) in [5.74, 6) is 0.580. The van der Waals surface area contributed by atoms with Crippen LogP contribution in [0, 0.1) is 3.57 Å². The zero-order chi connectivity index (χ0) is 19.2. The van der Waals surface area contributed by atoms with Crippen LogP contribution in [0.25, 0.3) is 11.6 Å². The highest BCUT2D eigenvalue weighted by atomic mass is 127. The molecule has 0 aliphatic carbocycles. The van der Waals surface area contributed by atoms with E-state index in [9.17, 15) is 9.59 Å². The molecule has 0 spiro atoms. The Labute approximate surface area is 173 Å². The maximum Gasteiger partial charge on any atom is 0.234 e. The fraction of sp³-hybridized carbons (Fsp3) is 0.176. The van der Waals surface area contributed by atoms with Crippen LogP contribution >= 0.6 is 34.4 Å². The first kappa shape index (κ1) is 19.4. The highest BCUT2D eigenvalue weighted by molar-refractivity contribution is 14.1. The number of furan rings is 1. The van der Waals surface area contributed by atoms with Crippen LogP contribution < -0.4 is 11.1 Å². The third-order valence-electron chi connectivity index (χ3n) is 3.52. The van der Waals surface area contributed by atoms with Gasteiger partial charge in [-0.2, -0.15) is 0 Å². The first-order valence-corrected chi connectivity index (χ1v) is 10.0. The maximum atomic E-state index is 12.3. The number of aromatic nitrogens is 3. The number of nitrogens with one attached hydrogen (secondary N) is 1. The second-order valence-corrected chi connectivity index (χ2v) is 7.57. The summed E-state index contributed by atoms with van der Waals surface area (Å²) in [6, 6.07) is 11.0. The summed E-state index contributed by atoms with van der Waals surface area (Å²) in [6.45, 7) is 0.304. The Morgan fingerprint density at radius 2 is 2.04 bits per heavy atom. The molecule has 27 heavy (non-hydrogen) atoms. The van der Waals surface area contributed by atoms with Gasteiger partial charge in [-0.25, -0.2) is 0 Å². The van der Waals surface area contributed by atoms with Crippen molar-refractivity contribution in [2.45, 2.75) is 18.1 Å². The molecule has 3 rings (SSSR count). The van der Waals surface area contributed by atoms with Crippen molar-refractivity contribution in [1.82, 2.24) is 14.8 Å². The molecule has 0 aliphatic heterocycles. The fourth-order valence-electron chi connectivity index (χ4n) is 2.29. The van der Waals surface area contributed by atoms with Crippen molar-refractivity contribution in [2.75, 3.05) is 11.1 Å². The highest BCUT2D eigenvalue weighted by Crippen LogP contribution is 2.25. The lowest BCUT2D eigenvalue weighted by Gasteiger charge is -2.09. The Hall–Kier alpha value is -2.34. The molecule has 0 fully saturated rings. The van der Waals surface area contributed by atoms with Crippen LogP contribution in [0.1, 0.15) is 6.42 Å². The number of halogens is 1. The number of amides is 2. The summed E-state index contributed by atoms with van der Waals surface area (Å²) in [4.78, 5) is 23.4. The summed E-state index contributed by atoms with van der Waals surface area (Å²) in [6.07, 6.45) is 1.66. The molecule has 0 unspecified atom stereocenters. The predicted molar refractivity (Wildman–Crippen MR) is 110 cm³/mol. The number of nitrogens with two attached hydrogens (primary N) is 1. The Bertz CT molecular complexity index is 942. The van der Waals surface area contributed by atoms with Crippen molar-refractivity contribution in [3.05, 3.63) is 46.2 Å². The van der Waals surface area contributed by atoms with Crippen molar-refractivity contribution in [2.24, 2.45) is 5.73 Å². The SMILES string of the molecule is NC(=O)CCn1c(SCC(=O)Nc2ccccc2I)nnc1-c1ccco1. The van der Waals surface area contributed by atoms with Gasteiger partial charge in [0.15, 0.2) is 16.7 Å². The number of carbonyl (C=O) groups is 2. The molecular weight excluding hydrogens is 481 g/mol. The summed E-state index contributed by atoms with van der Waals surface area (Å²) < 4.78 is 8.06. The van der Waals surface area contributed by atoms with Crippen LogP contribution in [-0.4, -0.2) is 32.3 Å². The number of thioether (sulfide) groups is 1. The van der Waals surface area contributed by atoms with Gasteiger partial charge in [0.1, 0.15) is 0 Å². The zero-order valence-electron chi connectivity index (χ0n) is 14.1. The lowest BCUT2D eigenvalue weighted by Crippen LogP contribution is -2.17. The van der Waals surface area contributed by atoms with E-state index in [2.05, 4.69) is 38.1 Å². The topological polar surface area (TPSA) is 116 Å². The normalized spacial score (nSPS) is 10.7. The molecular formula is C17H16IN5O3S. The summed E-state index contributed by atoms with van der Waals surface area (Å²) in [5.41, 5.74) is 6.02. The number of hydrogen-bond donors (Lipinski definition) is 2. The van der Waals surface area contributed by atoms with Gasteiger partial charge in [0.05, 0.1) is 17.7 Å². The van der Waals surface area contributed by atoms with Crippen LogP contribution in [0.4, 0.5) is 5.69 Å². The molecule has 0 bridgehead atoms. The molecule has 2 aromatic heterocycles. The van der Waals surface area contributed by atoms with Gasteiger partial charge in [-0.15, -0.1) is 10.2 Å². The maximum absolute atomic E-state index is 12.3. The van der Waals surface area contributed by atoms with E-state index in [-0.39, 0.29) is 18.1 Å². The number of anilines is 1. The van der Waals surface area contributed by atoms with E-state index in [1.165, 1.54) is 18.0 Å². The zero-order valence-corrected chi connectivity index (χ0v) is 17.1. The molecule has 10 heteroatoms. The summed E-state index contributed by atoms with van der Waals surface area (Å²) in [7, 11) is 0. The molecule has 140 valence electrons. The van der Waals surface area contributed by atoms with E-state index in [0.717, 1.165) is 9.26 Å². The van der Waals surface area contributed by atoms with Gasteiger partial charge in [-0.1, -0.05) is 23.9 Å². The standard InChI is InChI=1S/C17H16IN5O3S/c18-11-4-1-2-5-12(11)20-15(25)10-27-17-22-21-16(13-6-3-9-26-13)23(17)8-7-14(19)24/h1-6,9H,7-8,10H2,(H2,19,24)(H,20,25). The molecule has 0 atom stereocenters. The minimum absolute atomic E-state index is 0.133. The number of carbonyl (C=O) groups excluding carboxylic acids is 2. The monoisotopic (exact) mass is 497 g/mol. The Morgan fingerprint density at radius 1 is 1.22 bits per heavy atom. The second-order valence-electron chi connectivity index (χ2n) is 5.47. The van der Waals surface area contributed by atoms with Crippen molar-refractivity contribution in [3.8, 4) is 11.6 Å². The Kier molecular flexibility index (Phi) is 6.50. The van der Waals surface area contributed by atoms with Crippen LogP contribution in [-0.2, 0) is 16.1 Å².